The van der Waals surface area contributed by atoms with Gasteiger partial charge in [0.15, 0.2) is 0 Å². The molecule has 2 aliphatic rings. The Morgan fingerprint density at radius 1 is 1.00 bits per heavy atom. The van der Waals surface area contributed by atoms with Crippen LogP contribution in [0, 0.1) is 12.8 Å². The predicted molar refractivity (Wildman–Crippen MR) is 116 cm³/mol. The fourth-order valence-electron chi connectivity index (χ4n) is 4.02. The minimum atomic E-state index is -0.184. The van der Waals surface area contributed by atoms with Gasteiger partial charge in [-0.1, -0.05) is 60.2 Å². The lowest BCUT2D eigenvalue weighted by atomic mass is 9.63. The Bertz CT molecular complexity index is 836. The second-order valence-corrected chi connectivity index (χ2v) is 9.78. The van der Waals surface area contributed by atoms with E-state index in [0.717, 1.165) is 11.5 Å². The van der Waals surface area contributed by atoms with Gasteiger partial charge in [0, 0.05) is 5.92 Å². The molecular weight excluding hydrogens is 372 g/mol. The Labute approximate surface area is 169 Å². The van der Waals surface area contributed by atoms with Crippen LogP contribution >= 0.6 is 23.5 Å². The summed E-state index contributed by atoms with van der Waals surface area (Å²) in [5.74, 6) is 2.09. The van der Waals surface area contributed by atoms with Crippen molar-refractivity contribution in [1.29, 1.82) is 0 Å². The number of aryl methyl sites for hydroxylation is 1. The van der Waals surface area contributed by atoms with E-state index in [9.17, 15) is 4.79 Å². The van der Waals surface area contributed by atoms with E-state index in [0.29, 0.717) is 4.58 Å². The summed E-state index contributed by atoms with van der Waals surface area (Å²) in [6.45, 7) is 2.09. The number of ether oxygens (including phenoxy) is 1. The lowest BCUT2D eigenvalue weighted by Crippen LogP contribution is -2.39. The summed E-state index contributed by atoms with van der Waals surface area (Å²) in [7, 11) is 1.51. The number of methoxy groups -OCH3 is 1. The van der Waals surface area contributed by atoms with E-state index in [2.05, 4.69) is 55.5 Å². The molecule has 0 spiro atoms. The normalized spacial score (nSPS) is 23.0. The molecule has 0 unspecified atom stereocenters. The molecule has 2 aromatic rings. The van der Waals surface area contributed by atoms with Gasteiger partial charge >= 0.3 is 5.97 Å². The number of hydrogen-bond acceptors (Lipinski definition) is 4. The fourth-order valence-corrected chi connectivity index (χ4v) is 7.13. The van der Waals surface area contributed by atoms with Crippen LogP contribution in [0.5, 0.6) is 0 Å². The highest BCUT2D eigenvalue weighted by molar-refractivity contribution is 8.17. The first-order chi connectivity index (χ1) is 13.2. The van der Waals surface area contributed by atoms with Gasteiger partial charge < -0.3 is 4.74 Å². The molecule has 1 aliphatic carbocycles. The molecule has 0 bridgehead atoms. The van der Waals surface area contributed by atoms with Gasteiger partial charge in [0.1, 0.15) is 0 Å². The molecule has 4 rings (SSSR count). The zero-order chi connectivity index (χ0) is 18.8. The highest BCUT2D eigenvalue weighted by Gasteiger charge is 2.49. The van der Waals surface area contributed by atoms with Gasteiger partial charge in [0.25, 0.3) is 0 Å². The molecule has 1 saturated heterocycles. The smallest absolute Gasteiger partial charge is 0.313 e. The largest absolute Gasteiger partial charge is 0.469 e. The lowest BCUT2D eigenvalue weighted by Gasteiger charge is -2.44. The van der Waals surface area contributed by atoms with Crippen molar-refractivity contribution >= 4 is 35.1 Å². The summed E-state index contributed by atoms with van der Waals surface area (Å²) >= 11 is 3.95. The average molecular weight is 397 g/mol. The molecule has 0 amide bonds. The van der Waals surface area contributed by atoms with Crippen molar-refractivity contribution in [3.05, 3.63) is 76.9 Å². The lowest BCUT2D eigenvalue weighted by molar-refractivity contribution is -0.144. The minimum Gasteiger partial charge on any atom is -0.469 e. The van der Waals surface area contributed by atoms with E-state index in [4.69, 9.17) is 4.74 Å². The van der Waals surface area contributed by atoms with Crippen LogP contribution in [0.2, 0.25) is 0 Å². The van der Waals surface area contributed by atoms with Crippen molar-refractivity contribution in [2.24, 2.45) is 5.92 Å². The summed E-state index contributed by atoms with van der Waals surface area (Å²) < 4.78 is 5.59. The monoisotopic (exact) mass is 396 g/mol. The molecule has 0 aromatic heterocycles. The van der Waals surface area contributed by atoms with Gasteiger partial charge in [-0.05, 0) is 47.1 Å². The van der Waals surface area contributed by atoms with Gasteiger partial charge in [-0.3, -0.25) is 4.79 Å². The number of hydrogen-bond donors (Lipinski definition) is 0. The van der Waals surface area contributed by atoms with Crippen LogP contribution in [0.1, 0.15) is 29.0 Å². The van der Waals surface area contributed by atoms with Crippen molar-refractivity contribution in [3.63, 3.8) is 0 Å². The molecule has 2 nitrogen and oxygen atoms in total. The minimum absolute atomic E-state index is 0.0681. The Kier molecular flexibility index (Phi) is 5.65. The molecule has 2 aromatic carbocycles. The van der Waals surface area contributed by atoms with Gasteiger partial charge in [-0.15, -0.1) is 23.5 Å². The third-order valence-corrected chi connectivity index (χ3v) is 8.33. The van der Waals surface area contributed by atoms with E-state index in [1.165, 1.54) is 41.4 Å². The second-order valence-electron chi connectivity index (χ2n) is 7.05. The average Bonchev–Trinajstić information content (AvgIpc) is 2.70. The number of thioether (sulfide) groups is 2. The van der Waals surface area contributed by atoms with E-state index >= 15 is 0 Å². The van der Waals surface area contributed by atoms with Gasteiger partial charge in [0.2, 0.25) is 0 Å². The van der Waals surface area contributed by atoms with Gasteiger partial charge in [-0.2, -0.15) is 0 Å². The van der Waals surface area contributed by atoms with Crippen molar-refractivity contribution in [2.45, 2.75) is 23.8 Å². The highest BCUT2D eigenvalue weighted by Crippen LogP contribution is 2.58. The van der Waals surface area contributed by atoms with E-state index < -0.39 is 0 Å². The third-order valence-electron chi connectivity index (χ3n) is 5.35. The molecule has 1 fully saturated rings. The van der Waals surface area contributed by atoms with E-state index in [1.807, 2.05) is 29.6 Å². The maximum Gasteiger partial charge on any atom is 0.313 e. The van der Waals surface area contributed by atoms with Crippen molar-refractivity contribution in [1.82, 2.24) is 0 Å². The Balaban J connectivity index is 1.85. The fraction of sp³-hybridized carbons (Fsp3) is 0.348. The number of allylic oxidation sites excluding steroid dienone is 1. The Morgan fingerprint density at radius 2 is 1.67 bits per heavy atom. The van der Waals surface area contributed by atoms with Crippen molar-refractivity contribution < 1.29 is 9.53 Å². The SMILES string of the molecule is COC(=O)[C@@H]1C(C2SCCCS2)=C(c2ccccc2)[C@H]1c1ccc(C)cc1. The number of esters is 1. The molecule has 2 atom stereocenters. The van der Waals surface area contributed by atoms with Crippen LogP contribution in [-0.2, 0) is 9.53 Å². The first kappa shape index (κ1) is 18.7. The third kappa shape index (κ3) is 3.57. The quantitative estimate of drug-likeness (QED) is 0.635. The number of carbonyl (C=O) groups excluding carboxylic acids is 1. The number of rotatable bonds is 4. The zero-order valence-electron chi connectivity index (χ0n) is 15.7. The summed E-state index contributed by atoms with van der Waals surface area (Å²) in [4.78, 5) is 12.8. The number of carbonyl (C=O) groups is 1. The van der Waals surface area contributed by atoms with Crippen LogP contribution in [0.3, 0.4) is 0 Å². The van der Waals surface area contributed by atoms with Crippen LogP contribution in [-0.4, -0.2) is 29.2 Å². The van der Waals surface area contributed by atoms with E-state index in [1.54, 1.807) is 0 Å². The van der Waals surface area contributed by atoms with Crippen LogP contribution in [0.15, 0.2) is 60.2 Å². The molecule has 1 heterocycles. The maximum absolute atomic E-state index is 12.8. The van der Waals surface area contributed by atoms with Gasteiger partial charge in [0.05, 0.1) is 17.6 Å². The molecule has 0 radical (unpaired) electrons. The number of benzene rings is 2. The standard InChI is InChI=1S/C23H24O2S2/c1-15-9-11-17(12-10-15)18-19(16-7-4-3-5-8-16)21(20(18)22(24)25-2)23-26-13-6-14-27-23/h3-5,7-12,18,20,23H,6,13-14H2,1-2H3/t18-,20+/m1/s1. The summed E-state index contributed by atoms with van der Waals surface area (Å²) in [6, 6.07) is 19.1. The van der Waals surface area contributed by atoms with Crippen LogP contribution in [0.25, 0.3) is 5.57 Å². The molecule has 0 N–H and O–H groups in total. The van der Waals surface area contributed by atoms with Crippen LogP contribution < -0.4 is 0 Å². The first-order valence-electron chi connectivity index (χ1n) is 9.37. The molecular formula is C23H24O2S2. The molecule has 27 heavy (non-hydrogen) atoms. The molecule has 1 aliphatic heterocycles. The van der Waals surface area contributed by atoms with Crippen LogP contribution in [0.4, 0.5) is 0 Å². The summed E-state index contributed by atoms with van der Waals surface area (Å²) in [5, 5.41) is 0. The highest BCUT2D eigenvalue weighted by atomic mass is 32.2. The zero-order valence-corrected chi connectivity index (χ0v) is 17.3. The summed E-state index contributed by atoms with van der Waals surface area (Å²) in [6.07, 6.45) is 1.24. The molecule has 0 saturated carbocycles. The topological polar surface area (TPSA) is 26.3 Å². The van der Waals surface area contributed by atoms with Crippen molar-refractivity contribution in [3.8, 4) is 0 Å². The van der Waals surface area contributed by atoms with E-state index in [-0.39, 0.29) is 17.8 Å². The molecule has 4 heteroatoms. The Morgan fingerprint density at radius 3 is 2.30 bits per heavy atom. The molecule has 140 valence electrons. The maximum atomic E-state index is 12.8. The Hall–Kier alpha value is -1.65. The van der Waals surface area contributed by atoms with Gasteiger partial charge in [-0.25, -0.2) is 0 Å². The second kappa shape index (κ2) is 8.15. The predicted octanol–water partition coefficient (Wildman–Crippen LogP) is 5.53. The first-order valence-corrected chi connectivity index (χ1v) is 11.5. The summed E-state index contributed by atoms with van der Waals surface area (Å²) in [5.41, 5.74) is 6.25. The van der Waals surface area contributed by atoms with Crippen molar-refractivity contribution in [2.75, 3.05) is 18.6 Å².